The number of nitrogens with zero attached hydrogens (tertiary/aromatic N) is 1. The van der Waals surface area contributed by atoms with Crippen LogP contribution in [0.1, 0.15) is 49.7 Å². The number of hydrogen-bond acceptors (Lipinski definition) is 4. The molecule has 5 rings (SSSR count). The second-order valence-electron chi connectivity index (χ2n) is 8.83. The average Bonchev–Trinajstić information content (AvgIpc) is 2.83. The number of carbonyl (C=O) groups is 2. The van der Waals surface area contributed by atoms with E-state index in [4.69, 9.17) is 9.73 Å². The number of benzene rings is 3. The molecule has 0 fully saturated rings. The lowest BCUT2D eigenvalue weighted by Crippen LogP contribution is -2.38. The molecule has 166 valence electrons. The van der Waals surface area contributed by atoms with Gasteiger partial charge in [0.25, 0.3) is 0 Å². The van der Waals surface area contributed by atoms with Crippen molar-refractivity contribution in [3.8, 4) is 0 Å². The number of esters is 1. The second-order valence-corrected chi connectivity index (χ2v) is 8.83. The molecule has 0 saturated heterocycles. The molecule has 3 atom stereocenters. The Bertz CT molecular complexity index is 1280. The van der Waals surface area contributed by atoms with Crippen molar-refractivity contribution >= 4 is 28.2 Å². The van der Waals surface area contributed by atoms with Gasteiger partial charge in [-0.25, -0.2) is 0 Å². The van der Waals surface area contributed by atoms with Gasteiger partial charge in [-0.15, -0.1) is 0 Å². The minimum Gasteiger partial charge on any atom is -0.465 e. The summed E-state index contributed by atoms with van der Waals surface area (Å²) < 4.78 is 5.47. The maximum absolute atomic E-state index is 13.7. The lowest BCUT2D eigenvalue weighted by Gasteiger charge is -2.37. The van der Waals surface area contributed by atoms with Gasteiger partial charge in [-0.1, -0.05) is 72.8 Å². The molecule has 0 amide bonds. The zero-order valence-corrected chi connectivity index (χ0v) is 19.0. The Hall–Kier alpha value is -3.53. The monoisotopic (exact) mass is 437 g/mol. The maximum Gasteiger partial charge on any atom is 0.315 e. The molecule has 0 saturated carbocycles. The number of rotatable bonds is 4. The molecule has 3 aromatic rings. The number of carbonyl (C=O) groups excluding carboxylic acids is 2. The fourth-order valence-corrected chi connectivity index (χ4v) is 5.42. The molecular weight excluding hydrogens is 410 g/mol. The van der Waals surface area contributed by atoms with E-state index in [1.165, 1.54) is 0 Å². The lowest BCUT2D eigenvalue weighted by molar-refractivity contribution is -0.146. The normalized spacial score (nSPS) is 22.7. The van der Waals surface area contributed by atoms with Crippen molar-refractivity contribution in [1.82, 2.24) is 0 Å². The van der Waals surface area contributed by atoms with Crippen molar-refractivity contribution in [1.29, 1.82) is 0 Å². The summed E-state index contributed by atoms with van der Waals surface area (Å²) in [5.74, 6) is -1.14. The molecule has 3 aromatic carbocycles. The number of ether oxygens (including phenoxy) is 1. The van der Waals surface area contributed by atoms with Crippen LogP contribution in [-0.2, 0) is 14.3 Å². The molecule has 1 aliphatic carbocycles. The van der Waals surface area contributed by atoms with Gasteiger partial charge in [0.15, 0.2) is 5.78 Å². The highest BCUT2D eigenvalue weighted by Crippen LogP contribution is 2.48. The van der Waals surface area contributed by atoms with E-state index in [0.29, 0.717) is 30.7 Å². The summed E-state index contributed by atoms with van der Waals surface area (Å²) in [6.07, 6.45) is 1.12. The Morgan fingerprint density at radius 1 is 0.970 bits per heavy atom. The van der Waals surface area contributed by atoms with Crippen molar-refractivity contribution in [2.75, 3.05) is 6.61 Å². The maximum atomic E-state index is 13.7. The molecule has 4 nitrogen and oxygen atoms in total. The van der Waals surface area contributed by atoms with Crippen LogP contribution in [0, 0.1) is 5.92 Å². The molecule has 0 spiro atoms. The third-order valence-electron chi connectivity index (χ3n) is 6.86. The van der Waals surface area contributed by atoms with E-state index < -0.39 is 11.8 Å². The first-order valence-corrected chi connectivity index (χ1v) is 11.6. The minimum atomic E-state index is -0.605. The third kappa shape index (κ3) is 3.80. The van der Waals surface area contributed by atoms with E-state index in [1.54, 1.807) is 6.92 Å². The molecule has 0 N–H and O–H groups in total. The summed E-state index contributed by atoms with van der Waals surface area (Å²) >= 11 is 0. The van der Waals surface area contributed by atoms with E-state index in [-0.39, 0.29) is 17.7 Å². The van der Waals surface area contributed by atoms with Crippen LogP contribution < -0.4 is 0 Å². The van der Waals surface area contributed by atoms with Gasteiger partial charge in [-0.05, 0) is 48.1 Å². The highest BCUT2D eigenvalue weighted by molar-refractivity contribution is 6.10. The van der Waals surface area contributed by atoms with Crippen LogP contribution >= 0.6 is 0 Å². The lowest BCUT2D eigenvalue weighted by atomic mass is 9.68. The summed E-state index contributed by atoms with van der Waals surface area (Å²) in [7, 11) is 0. The topological polar surface area (TPSA) is 55.7 Å². The molecule has 2 aliphatic rings. The van der Waals surface area contributed by atoms with Crippen molar-refractivity contribution in [3.63, 3.8) is 0 Å². The molecule has 0 aromatic heterocycles. The van der Waals surface area contributed by atoms with Crippen LogP contribution in [0.3, 0.4) is 0 Å². The Balaban J connectivity index is 1.68. The van der Waals surface area contributed by atoms with Crippen LogP contribution in [0.25, 0.3) is 10.8 Å². The molecule has 0 bridgehead atoms. The van der Waals surface area contributed by atoms with Crippen molar-refractivity contribution in [2.45, 2.75) is 38.5 Å². The Labute approximate surface area is 194 Å². The van der Waals surface area contributed by atoms with Gasteiger partial charge in [0, 0.05) is 29.3 Å². The van der Waals surface area contributed by atoms with Gasteiger partial charge < -0.3 is 4.74 Å². The highest BCUT2D eigenvalue weighted by atomic mass is 16.5. The molecule has 1 aliphatic heterocycles. The van der Waals surface area contributed by atoms with Crippen LogP contribution in [0.5, 0.6) is 0 Å². The molecule has 0 radical (unpaired) electrons. The number of Topliss-reactive ketones (excluding diaryl/α,β-unsaturated/α-hetero) is 1. The van der Waals surface area contributed by atoms with Gasteiger partial charge >= 0.3 is 5.97 Å². The number of ketones is 1. The van der Waals surface area contributed by atoms with E-state index >= 15 is 0 Å². The van der Waals surface area contributed by atoms with Crippen molar-refractivity contribution < 1.29 is 14.3 Å². The Kier molecular flexibility index (Phi) is 5.67. The quantitative estimate of drug-likeness (QED) is 0.472. The average molecular weight is 438 g/mol. The van der Waals surface area contributed by atoms with E-state index in [9.17, 15) is 9.59 Å². The highest BCUT2D eigenvalue weighted by Gasteiger charge is 2.45. The fraction of sp³-hybridized carbons (Fsp3) is 0.276. The first kappa shape index (κ1) is 21.3. The number of allylic oxidation sites excluding steroid dienone is 2. The van der Waals surface area contributed by atoms with Gasteiger partial charge in [0.2, 0.25) is 0 Å². The first-order valence-electron chi connectivity index (χ1n) is 11.6. The molecular formula is C29H27NO3. The smallest absolute Gasteiger partial charge is 0.315 e. The minimum absolute atomic E-state index is 0.0774. The summed E-state index contributed by atoms with van der Waals surface area (Å²) in [5, 5.41) is 2.14. The molecule has 1 heterocycles. The Morgan fingerprint density at radius 2 is 1.70 bits per heavy atom. The van der Waals surface area contributed by atoms with E-state index in [1.807, 2.05) is 49.4 Å². The molecule has 33 heavy (non-hydrogen) atoms. The van der Waals surface area contributed by atoms with Crippen LogP contribution in [0.4, 0.5) is 0 Å². The third-order valence-corrected chi connectivity index (χ3v) is 6.86. The largest absolute Gasteiger partial charge is 0.465 e. The van der Waals surface area contributed by atoms with E-state index in [2.05, 4.69) is 30.3 Å². The summed E-state index contributed by atoms with van der Waals surface area (Å²) in [5.41, 5.74) is 4.35. The van der Waals surface area contributed by atoms with Crippen LogP contribution in [0.15, 0.2) is 89.1 Å². The fourth-order valence-electron chi connectivity index (χ4n) is 5.42. The molecule has 1 unspecified atom stereocenters. The summed E-state index contributed by atoms with van der Waals surface area (Å²) in [6.45, 7) is 3.99. The number of aliphatic imine (C=N–C) groups is 1. The Morgan fingerprint density at radius 3 is 2.48 bits per heavy atom. The number of hydrogen-bond donors (Lipinski definition) is 0. The van der Waals surface area contributed by atoms with Crippen LogP contribution in [-0.4, -0.2) is 24.1 Å². The predicted molar refractivity (Wildman–Crippen MR) is 130 cm³/mol. The van der Waals surface area contributed by atoms with Gasteiger partial charge in [0.05, 0.1) is 6.61 Å². The zero-order valence-electron chi connectivity index (χ0n) is 19.0. The summed E-state index contributed by atoms with van der Waals surface area (Å²) in [4.78, 5) is 31.7. The van der Waals surface area contributed by atoms with Crippen LogP contribution in [0.2, 0.25) is 0 Å². The number of fused-ring (bicyclic) bond motifs is 1. The van der Waals surface area contributed by atoms with Gasteiger partial charge in [-0.2, -0.15) is 0 Å². The second kappa shape index (κ2) is 8.78. The van der Waals surface area contributed by atoms with Crippen molar-refractivity contribution in [2.24, 2.45) is 10.9 Å². The van der Waals surface area contributed by atoms with Gasteiger partial charge in [-0.3, -0.25) is 14.6 Å². The molecule has 4 heteroatoms. The summed E-state index contributed by atoms with van der Waals surface area (Å²) in [6, 6.07) is 24.4. The van der Waals surface area contributed by atoms with E-state index in [0.717, 1.165) is 27.6 Å². The zero-order chi connectivity index (χ0) is 22.9. The first-order chi connectivity index (χ1) is 16.1. The SMILES string of the molecule is CCOC(=O)C1C(C)=NC2=C(C(=O)C[C@H](c3ccccc3)C2)[C@@H]1c1cccc2ccccc12. The van der Waals surface area contributed by atoms with Crippen molar-refractivity contribution in [3.05, 3.63) is 95.2 Å². The van der Waals surface area contributed by atoms with Gasteiger partial charge in [0.1, 0.15) is 5.92 Å². The standard InChI is InChI=1S/C29H27NO3/c1-3-33-29(32)26-18(2)30-24-16-21(19-10-5-4-6-11-19)17-25(31)28(24)27(26)23-15-9-13-20-12-7-8-14-22(20)23/h4-15,21,26-27H,3,16-17H2,1-2H3/t21-,26?,27-/m1/s1. The predicted octanol–water partition coefficient (Wildman–Crippen LogP) is 5.98.